The molecule has 3 rings (SSSR count). The highest BCUT2D eigenvalue weighted by Crippen LogP contribution is 2.39. The Bertz CT molecular complexity index is 1330. The molecule has 0 fully saturated rings. The number of amides is 1. The molecule has 190 valence electrons. The molecule has 1 N–H and O–H groups in total. The lowest BCUT2D eigenvalue weighted by molar-refractivity contribution is -0.111. The lowest BCUT2D eigenvalue weighted by Gasteiger charge is -2.14. The van der Waals surface area contributed by atoms with Crippen molar-refractivity contribution in [1.29, 1.82) is 0 Å². The summed E-state index contributed by atoms with van der Waals surface area (Å²) in [5.74, 6) is 3.76. The lowest BCUT2D eigenvalue weighted by Crippen LogP contribution is -2.11. The molecule has 0 bridgehead atoms. The highest BCUT2D eigenvalue weighted by Gasteiger charge is 2.19. The Morgan fingerprint density at radius 2 is 1.57 bits per heavy atom. The normalized spacial score (nSPS) is 10.4. The topological polar surface area (TPSA) is 92.3 Å². The maximum absolute atomic E-state index is 13.3. The van der Waals surface area contributed by atoms with E-state index in [2.05, 4.69) is 11.2 Å². The van der Waals surface area contributed by atoms with Crippen molar-refractivity contribution < 1.29 is 33.3 Å². The molecule has 8 heteroatoms. The minimum Gasteiger partial charge on any atom is -0.495 e. The first-order chi connectivity index (χ1) is 17.9. The molecular weight excluding hydrogens is 474 g/mol. The maximum Gasteiger partial charge on any atom is 0.248 e. The Morgan fingerprint density at radius 1 is 0.865 bits per heavy atom. The number of nitrogens with one attached hydrogen (secondary N) is 1. The first kappa shape index (κ1) is 26.7. The number of hydrogen-bond acceptors (Lipinski definition) is 7. The zero-order valence-electron chi connectivity index (χ0n) is 21.0. The van der Waals surface area contributed by atoms with Gasteiger partial charge in [0, 0.05) is 17.2 Å². The number of carbonyl (C=O) groups excluding carboxylic acids is 2. The summed E-state index contributed by atoms with van der Waals surface area (Å²) in [7, 11) is 5.91. The smallest absolute Gasteiger partial charge is 0.248 e. The van der Waals surface area contributed by atoms with Gasteiger partial charge in [0.1, 0.15) is 18.1 Å². The largest absolute Gasteiger partial charge is 0.495 e. The van der Waals surface area contributed by atoms with Gasteiger partial charge in [0.05, 0.1) is 34.1 Å². The number of carbonyl (C=O) groups is 2. The van der Waals surface area contributed by atoms with Crippen molar-refractivity contribution in [2.75, 3.05) is 40.4 Å². The average Bonchev–Trinajstić information content (AvgIpc) is 2.93. The van der Waals surface area contributed by atoms with E-state index in [4.69, 9.17) is 30.1 Å². The van der Waals surface area contributed by atoms with Crippen LogP contribution in [0.4, 0.5) is 5.69 Å². The van der Waals surface area contributed by atoms with Crippen LogP contribution >= 0.6 is 0 Å². The Hall–Kier alpha value is -4.90. The fourth-order valence-electron chi connectivity index (χ4n) is 3.51. The number of ether oxygens (including phenoxy) is 5. The third-order valence-corrected chi connectivity index (χ3v) is 5.25. The van der Waals surface area contributed by atoms with Gasteiger partial charge in [-0.25, -0.2) is 0 Å². The van der Waals surface area contributed by atoms with E-state index in [9.17, 15) is 9.59 Å². The van der Waals surface area contributed by atoms with E-state index in [0.717, 1.165) is 5.56 Å². The van der Waals surface area contributed by atoms with Gasteiger partial charge in [-0.05, 0) is 54.1 Å². The van der Waals surface area contributed by atoms with E-state index >= 15 is 0 Å². The quantitative estimate of drug-likeness (QED) is 0.233. The molecule has 0 aliphatic rings. The molecule has 0 radical (unpaired) electrons. The molecule has 0 saturated carbocycles. The van der Waals surface area contributed by atoms with Gasteiger partial charge in [-0.1, -0.05) is 18.1 Å². The van der Waals surface area contributed by atoms with Gasteiger partial charge in [-0.3, -0.25) is 9.59 Å². The van der Waals surface area contributed by atoms with Crippen LogP contribution in [0.3, 0.4) is 0 Å². The van der Waals surface area contributed by atoms with Crippen molar-refractivity contribution in [3.8, 4) is 41.1 Å². The predicted octanol–water partition coefficient (Wildman–Crippen LogP) is 4.62. The van der Waals surface area contributed by atoms with Gasteiger partial charge in [0.15, 0.2) is 17.3 Å². The van der Waals surface area contributed by atoms with Crippen molar-refractivity contribution in [2.24, 2.45) is 0 Å². The van der Waals surface area contributed by atoms with Crippen LogP contribution in [0.25, 0.3) is 6.08 Å². The number of rotatable bonds is 11. The summed E-state index contributed by atoms with van der Waals surface area (Å²) in [6, 6.07) is 15.1. The fraction of sp³-hybridized carbons (Fsp3) is 0.172. The second-order valence-corrected chi connectivity index (χ2v) is 7.55. The second-order valence-electron chi connectivity index (χ2n) is 7.55. The van der Waals surface area contributed by atoms with Crippen molar-refractivity contribution >= 4 is 23.5 Å². The van der Waals surface area contributed by atoms with Gasteiger partial charge in [0.2, 0.25) is 11.7 Å². The highest BCUT2D eigenvalue weighted by molar-refractivity contribution is 6.11. The van der Waals surface area contributed by atoms with Gasteiger partial charge in [-0.2, -0.15) is 0 Å². The van der Waals surface area contributed by atoms with Crippen LogP contribution in [-0.4, -0.2) is 46.7 Å². The van der Waals surface area contributed by atoms with E-state index < -0.39 is 5.91 Å². The number of benzene rings is 3. The van der Waals surface area contributed by atoms with Gasteiger partial charge < -0.3 is 29.0 Å². The second kappa shape index (κ2) is 12.7. The van der Waals surface area contributed by atoms with Crippen molar-refractivity contribution in [3.05, 3.63) is 77.4 Å². The molecule has 0 aromatic heterocycles. The molecular formula is C29H27NO7. The van der Waals surface area contributed by atoms with Crippen molar-refractivity contribution in [1.82, 2.24) is 0 Å². The van der Waals surface area contributed by atoms with Crippen LogP contribution in [0.15, 0.2) is 60.7 Å². The summed E-state index contributed by atoms with van der Waals surface area (Å²) in [6.07, 6.45) is 8.22. The Labute approximate surface area is 215 Å². The molecule has 0 heterocycles. The predicted molar refractivity (Wildman–Crippen MR) is 141 cm³/mol. The molecule has 37 heavy (non-hydrogen) atoms. The van der Waals surface area contributed by atoms with E-state index in [1.54, 1.807) is 54.6 Å². The molecule has 1 amide bonds. The number of ketones is 1. The molecule has 0 spiro atoms. The summed E-state index contributed by atoms with van der Waals surface area (Å²) in [5.41, 5.74) is 1.74. The molecule has 0 saturated heterocycles. The third kappa shape index (κ3) is 6.61. The Balaban J connectivity index is 1.84. The van der Waals surface area contributed by atoms with E-state index in [0.29, 0.717) is 45.6 Å². The molecule has 8 nitrogen and oxygen atoms in total. The number of terminal acetylenes is 1. The maximum atomic E-state index is 13.3. The molecule has 0 aliphatic carbocycles. The first-order valence-corrected chi connectivity index (χ1v) is 11.1. The Morgan fingerprint density at radius 3 is 2.19 bits per heavy atom. The van der Waals surface area contributed by atoms with Gasteiger partial charge in [0.25, 0.3) is 0 Å². The SMILES string of the molecule is C#CCOc1cccc(/C=C/C(=O)Nc2cc(C(=O)c3cc(OC)c(OC)c(OC)c3)ccc2OC)c1. The minimum atomic E-state index is -0.411. The van der Waals surface area contributed by atoms with Crippen LogP contribution in [0, 0.1) is 12.3 Å². The summed E-state index contributed by atoms with van der Waals surface area (Å²) in [4.78, 5) is 26.0. The van der Waals surface area contributed by atoms with Crippen molar-refractivity contribution in [3.63, 3.8) is 0 Å². The van der Waals surface area contributed by atoms with Crippen LogP contribution in [-0.2, 0) is 4.79 Å². The summed E-state index contributed by atoms with van der Waals surface area (Å²) < 4.78 is 26.8. The monoisotopic (exact) mass is 501 g/mol. The van der Waals surface area contributed by atoms with Gasteiger partial charge >= 0.3 is 0 Å². The molecule has 3 aromatic carbocycles. The highest BCUT2D eigenvalue weighted by atomic mass is 16.5. The zero-order chi connectivity index (χ0) is 26.8. The van der Waals surface area contributed by atoms with Gasteiger partial charge in [-0.15, -0.1) is 6.42 Å². The van der Waals surface area contributed by atoms with Crippen LogP contribution in [0.1, 0.15) is 21.5 Å². The van der Waals surface area contributed by atoms with Crippen LogP contribution in [0.2, 0.25) is 0 Å². The average molecular weight is 502 g/mol. The van der Waals surface area contributed by atoms with E-state index in [1.165, 1.54) is 34.5 Å². The standard InChI is InChI=1S/C29H27NO7/c1-6-14-37-22-9-7-8-19(15-22)10-13-27(31)30-23-16-20(11-12-24(23)33-2)28(32)21-17-25(34-3)29(36-5)26(18-21)35-4/h1,7-13,15-18H,14H2,2-5H3,(H,30,31)/b13-10+. The molecule has 0 unspecified atom stereocenters. The zero-order valence-corrected chi connectivity index (χ0v) is 21.0. The van der Waals surface area contributed by atoms with Crippen LogP contribution in [0.5, 0.6) is 28.7 Å². The number of anilines is 1. The fourth-order valence-corrected chi connectivity index (χ4v) is 3.51. The molecule has 0 atom stereocenters. The first-order valence-electron chi connectivity index (χ1n) is 11.1. The lowest BCUT2D eigenvalue weighted by atomic mass is 10.0. The van der Waals surface area contributed by atoms with E-state index in [-0.39, 0.29) is 12.4 Å². The van der Waals surface area contributed by atoms with Crippen LogP contribution < -0.4 is 29.0 Å². The molecule has 3 aromatic rings. The summed E-state index contributed by atoms with van der Waals surface area (Å²) in [6.45, 7) is 0.151. The third-order valence-electron chi connectivity index (χ3n) is 5.25. The molecule has 0 aliphatic heterocycles. The summed E-state index contributed by atoms with van der Waals surface area (Å²) >= 11 is 0. The minimum absolute atomic E-state index is 0.151. The number of methoxy groups -OCH3 is 4. The Kier molecular flexibility index (Phi) is 9.17. The summed E-state index contributed by atoms with van der Waals surface area (Å²) in [5, 5.41) is 2.76. The van der Waals surface area contributed by atoms with E-state index in [1.807, 2.05) is 6.07 Å². The van der Waals surface area contributed by atoms with Crippen molar-refractivity contribution in [2.45, 2.75) is 0 Å². The number of hydrogen-bond donors (Lipinski definition) is 1.